The van der Waals surface area contributed by atoms with Crippen LogP contribution in [0.15, 0.2) is 11.4 Å². The van der Waals surface area contributed by atoms with Crippen molar-refractivity contribution >= 4 is 17.2 Å². The molecule has 1 amide bonds. The van der Waals surface area contributed by atoms with E-state index >= 15 is 0 Å². The van der Waals surface area contributed by atoms with Crippen molar-refractivity contribution in [1.29, 1.82) is 5.26 Å². The third-order valence-electron chi connectivity index (χ3n) is 2.68. The fourth-order valence-corrected chi connectivity index (χ4v) is 2.38. The average Bonchev–Trinajstić information content (AvgIpc) is 2.92. The van der Waals surface area contributed by atoms with Gasteiger partial charge < -0.3 is 10.0 Å². The van der Waals surface area contributed by atoms with Crippen molar-refractivity contribution < 1.29 is 9.90 Å². The number of carbonyl (C=O) groups is 1. The fourth-order valence-electron chi connectivity index (χ4n) is 1.63. The number of rotatable bonds is 5. The van der Waals surface area contributed by atoms with Crippen LogP contribution in [0.1, 0.15) is 35.5 Å². The normalized spacial score (nSPS) is 11.1. The lowest BCUT2D eigenvalue weighted by Crippen LogP contribution is -2.34. The SMILES string of the molecule is CCN(CC(C)C#N)C(=O)c1csc(C#CCCO)c1. The quantitative estimate of drug-likeness (QED) is 0.845. The van der Waals surface area contributed by atoms with Crippen LogP contribution >= 0.6 is 11.3 Å². The predicted molar refractivity (Wildman–Crippen MR) is 79.3 cm³/mol. The lowest BCUT2D eigenvalue weighted by Gasteiger charge is -2.21. The Balaban J connectivity index is 2.76. The fraction of sp³-hybridized carbons (Fsp3) is 0.467. The second-order valence-corrected chi connectivity index (χ2v) is 5.26. The highest BCUT2D eigenvalue weighted by atomic mass is 32.1. The van der Waals surface area contributed by atoms with Crippen molar-refractivity contribution in [3.8, 4) is 17.9 Å². The first-order chi connectivity index (χ1) is 9.62. The van der Waals surface area contributed by atoms with Gasteiger partial charge in [-0.3, -0.25) is 4.79 Å². The Bertz CT molecular complexity index is 548. The molecule has 5 heteroatoms. The zero-order chi connectivity index (χ0) is 15.0. The summed E-state index contributed by atoms with van der Waals surface area (Å²) in [5.74, 6) is 5.50. The maximum absolute atomic E-state index is 12.3. The minimum absolute atomic E-state index is 0.0415. The van der Waals surface area contributed by atoms with Crippen LogP contribution in [0.25, 0.3) is 0 Å². The van der Waals surface area contributed by atoms with Crippen molar-refractivity contribution in [2.45, 2.75) is 20.3 Å². The summed E-state index contributed by atoms with van der Waals surface area (Å²) >= 11 is 1.41. The Labute approximate surface area is 123 Å². The van der Waals surface area contributed by atoms with E-state index < -0.39 is 0 Å². The molecule has 20 heavy (non-hydrogen) atoms. The minimum Gasteiger partial charge on any atom is -0.395 e. The van der Waals surface area contributed by atoms with Crippen LogP contribution in [0, 0.1) is 29.1 Å². The Hall–Kier alpha value is -1.82. The number of hydrogen-bond acceptors (Lipinski definition) is 4. The smallest absolute Gasteiger partial charge is 0.254 e. The van der Waals surface area contributed by atoms with E-state index in [0.717, 1.165) is 4.88 Å². The highest BCUT2D eigenvalue weighted by Crippen LogP contribution is 2.16. The number of hydrogen-bond donors (Lipinski definition) is 1. The molecular weight excluding hydrogens is 272 g/mol. The molecule has 1 N–H and O–H groups in total. The second kappa shape index (κ2) is 8.37. The van der Waals surface area contributed by atoms with Gasteiger partial charge in [0.1, 0.15) is 0 Å². The number of nitrogens with zero attached hydrogens (tertiary/aromatic N) is 2. The van der Waals surface area contributed by atoms with Crippen LogP contribution in [0.4, 0.5) is 0 Å². The zero-order valence-corrected chi connectivity index (χ0v) is 12.5. The van der Waals surface area contributed by atoms with Crippen LogP contribution in [0.5, 0.6) is 0 Å². The van der Waals surface area contributed by atoms with E-state index in [-0.39, 0.29) is 18.4 Å². The molecule has 0 radical (unpaired) electrons. The number of carbonyl (C=O) groups excluding carboxylic acids is 1. The highest BCUT2D eigenvalue weighted by Gasteiger charge is 2.17. The molecule has 1 rings (SSSR count). The maximum atomic E-state index is 12.3. The van der Waals surface area contributed by atoms with Gasteiger partial charge in [0.05, 0.1) is 29.0 Å². The molecule has 0 aliphatic carbocycles. The summed E-state index contributed by atoms with van der Waals surface area (Å²) in [6, 6.07) is 3.90. The molecule has 1 aromatic heterocycles. The van der Waals surface area contributed by atoms with Gasteiger partial charge in [-0.2, -0.15) is 5.26 Å². The highest BCUT2D eigenvalue weighted by molar-refractivity contribution is 7.10. The number of aliphatic hydroxyl groups is 1. The Kier molecular flexibility index (Phi) is 6.79. The molecule has 0 aromatic carbocycles. The molecule has 1 unspecified atom stereocenters. The summed E-state index contributed by atoms with van der Waals surface area (Å²) in [7, 11) is 0. The van der Waals surface area contributed by atoms with Gasteiger partial charge in [-0.1, -0.05) is 11.8 Å². The predicted octanol–water partition coefficient (Wildman–Crippen LogP) is 2.10. The summed E-state index contributed by atoms with van der Waals surface area (Å²) < 4.78 is 0. The average molecular weight is 290 g/mol. The first kappa shape index (κ1) is 16.2. The molecule has 0 saturated carbocycles. The van der Waals surface area contributed by atoms with E-state index in [1.165, 1.54) is 11.3 Å². The third-order valence-corrected chi connectivity index (χ3v) is 3.52. The van der Waals surface area contributed by atoms with Gasteiger partial charge in [0.15, 0.2) is 0 Å². The topological polar surface area (TPSA) is 64.3 Å². The molecule has 4 nitrogen and oxygen atoms in total. The van der Waals surface area contributed by atoms with Crippen molar-refractivity contribution in [2.75, 3.05) is 19.7 Å². The van der Waals surface area contributed by atoms with Gasteiger partial charge in [0, 0.05) is 24.9 Å². The Morgan fingerprint density at radius 1 is 1.60 bits per heavy atom. The van der Waals surface area contributed by atoms with E-state index in [2.05, 4.69) is 17.9 Å². The molecule has 1 atom stereocenters. The third kappa shape index (κ3) is 4.70. The molecule has 0 aliphatic rings. The van der Waals surface area contributed by atoms with E-state index in [1.807, 2.05) is 6.92 Å². The molecule has 0 aliphatic heterocycles. The van der Waals surface area contributed by atoms with Crippen LogP contribution in [0.2, 0.25) is 0 Å². The number of amides is 1. The van der Waals surface area contributed by atoms with E-state index in [1.54, 1.807) is 23.3 Å². The lowest BCUT2D eigenvalue weighted by atomic mass is 10.1. The van der Waals surface area contributed by atoms with Gasteiger partial charge in [-0.15, -0.1) is 11.3 Å². The largest absolute Gasteiger partial charge is 0.395 e. The van der Waals surface area contributed by atoms with Gasteiger partial charge in [-0.05, 0) is 19.9 Å². The van der Waals surface area contributed by atoms with Crippen LogP contribution < -0.4 is 0 Å². The summed E-state index contributed by atoms with van der Waals surface area (Å²) in [5.41, 5.74) is 0.607. The Morgan fingerprint density at radius 3 is 2.95 bits per heavy atom. The van der Waals surface area contributed by atoms with E-state index in [4.69, 9.17) is 10.4 Å². The van der Waals surface area contributed by atoms with Crippen LogP contribution in [-0.2, 0) is 0 Å². The molecule has 1 heterocycles. The van der Waals surface area contributed by atoms with Gasteiger partial charge in [-0.25, -0.2) is 0 Å². The molecule has 1 aromatic rings. The molecule has 106 valence electrons. The minimum atomic E-state index is -0.179. The number of nitriles is 1. The van der Waals surface area contributed by atoms with Crippen molar-refractivity contribution in [1.82, 2.24) is 4.90 Å². The monoisotopic (exact) mass is 290 g/mol. The first-order valence-corrected chi connectivity index (χ1v) is 7.37. The molecule has 0 saturated heterocycles. The van der Waals surface area contributed by atoms with Gasteiger partial charge >= 0.3 is 0 Å². The van der Waals surface area contributed by atoms with E-state index in [0.29, 0.717) is 25.1 Å². The molecule has 0 spiro atoms. The van der Waals surface area contributed by atoms with Crippen molar-refractivity contribution in [2.24, 2.45) is 5.92 Å². The summed E-state index contributed by atoms with van der Waals surface area (Å²) in [4.78, 5) is 14.8. The lowest BCUT2D eigenvalue weighted by molar-refractivity contribution is 0.0753. The summed E-state index contributed by atoms with van der Waals surface area (Å²) in [6.07, 6.45) is 0.432. The second-order valence-electron chi connectivity index (χ2n) is 4.35. The van der Waals surface area contributed by atoms with Crippen molar-refractivity contribution in [3.05, 3.63) is 21.9 Å². The Morgan fingerprint density at radius 2 is 2.35 bits per heavy atom. The standard InChI is InChI=1S/C15H18N2O2S/c1-3-17(10-12(2)9-16)15(19)13-8-14(20-11-13)6-4-5-7-18/h8,11-12,18H,3,5,7,10H2,1-2H3. The number of aliphatic hydroxyl groups excluding tert-OH is 1. The summed E-state index contributed by atoms with van der Waals surface area (Å²) in [6.45, 7) is 4.75. The van der Waals surface area contributed by atoms with Crippen LogP contribution in [-0.4, -0.2) is 35.6 Å². The van der Waals surface area contributed by atoms with Crippen molar-refractivity contribution in [3.63, 3.8) is 0 Å². The number of thiophene rings is 1. The summed E-state index contributed by atoms with van der Waals surface area (Å²) in [5, 5.41) is 19.3. The first-order valence-electron chi connectivity index (χ1n) is 6.49. The van der Waals surface area contributed by atoms with Crippen LogP contribution in [0.3, 0.4) is 0 Å². The van der Waals surface area contributed by atoms with E-state index in [9.17, 15) is 4.79 Å². The maximum Gasteiger partial charge on any atom is 0.254 e. The molecular formula is C15H18N2O2S. The van der Waals surface area contributed by atoms with Gasteiger partial charge in [0.2, 0.25) is 0 Å². The molecule has 0 bridgehead atoms. The zero-order valence-electron chi connectivity index (χ0n) is 11.7. The van der Waals surface area contributed by atoms with Gasteiger partial charge in [0.25, 0.3) is 5.91 Å². The molecule has 0 fully saturated rings.